The third-order valence-electron chi connectivity index (χ3n) is 2.84. The van der Waals surface area contributed by atoms with Crippen molar-refractivity contribution in [2.45, 2.75) is 51.0 Å². The van der Waals surface area contributed by atoms with Gasteiger partial charge in [0.05, 0.1) is 6.61 Å². The number of hydrogen-bond donors (Lipinski definition) is 1. The van der Waals surface area contributed by atoms with Crippen LogP contribution in [-0.2, 0) is 4.74 Å². The van der Waals surface area contributed by atoms with Gasteiger partial charge in [0.1, 0.15) is 0 Å². The zero-order chi connectivity index (χ0) is 9.36. The van der Waals surface area contributed by atoms with E-state index in [1.54, 1.807) is 7.11 Å². The molecular weight excluding hydrogens is 162 g/mol. The van der Waals surface area contributed by atoms with Gasteiger partial charge in [-0.15, -0.1) is 0 Å². The summed E-state index contributed by atoms with van der Waals surface area (Å²) in [6.45, 7) is 1.86. The Labute approximate surface area is 82.0 Å². The molecule has 1 aliphatic rings. The second-order valence-electron chi connectivity index (χ2n) is 3.99. The van der Waals surface area contributed by atoms with Crippen molar-refractivity contribution in [1.29, 1.82) is 0 Å². The van der Waals surface area contributed by atoms with Gasteiger partial charge in [-0.05, 0) is 12.8 Å². The standard InChI is InChI=1S/C11H23NO/c1-13-10-9-12-11-7-5-3-2-4-6-8-11/h11-12H,2-10H2,1H3. The van der Waals surface area contributed by atoms with Gasteiger partial charge in [-0.25, -0.2) is 0 Å². The molecule has 2 heteroatoms. The first-order valence-corrected chi connectivity index (χ1v) is 5.66. The first kappa shape index (κ1) is 11.0. The van der Waals surface area contributed by atoms with Crippen LogP contribution in [0.3, 0.4) is 0 Å². The zero-order valence-corrected chi connectivity index (χ0v) is 8.85. The Morgan fingerprint density at radius 1 is 1.08 bits per heavy atom. The molecule has 1 rings (SSSR count). The second kappa shape index (κ2) is 7.34. The Balaban J connectivity index is 2.06. The molecule has 0 bridgehead atoms. The number of ether oxygens (including phenoxy) is 1. The Bertz CT molecular complexity index is 109. The summed E-state index contributed by atoms with van der Waals surface area (Å²) in [5, 5.41) is 3.57. The average Bonchev–Trinajstić information content (AvgIpc) is 2.08. The van der Waals surface area contributed by atoms with E-state index in [9.17, 15) is 0 Å². The molecule has 0 saturated heterocycles. The van der Waals surface area contributed by atoms with Crippen molar-refractivity contribution in [3.8, 4) is 0 Å². The molecule has 0 aromatic carbocycles. The van der Waals surface area contributed by atoms with Crippen LogP contribution in [0.4, 0.5) is 0 Å². The molecule has 1 saturated carbocycles. The number of methoxy groups -OCH3 is 1. The molecule has 78 valence electrons. The molecule has 0 amide bonds. The largest absolute Gasteiger partial charge is 0.383 e. The molecule has 0 radical (unpaired) electrons. The molecule has 0 spiro atoms. The van der Waals surface area contributed by atoms with Crippen molar-refractivity contribution in [1.82, 2.24) is 5.32 Å². The molecule has 2 nitrogen and oxygen atoms in total. The first-order valence-electron chi connectivity index (χ1n) is 5.66. The second-order valence-corrected chi connectivity index (χ2v) is 3.99. The summed E-state index contributed by atoms with van der Waals surface area (Å²) >= 11 is 0. The topological polar surface area (TPSA) is 21.3 Å². The van der Waals surface area contributed by atoms with E-state index in [-0.39, 0.29) is 0 Å². The Hall–Kier alpha value is -0.0800. The van der Waals surface area contributed by atoms with Crippen LogP contribution in [0.15, 0.2) is 0 Å². The van der Waals surface area contributed by atoms with Crippen molar-refractivity contribution in [2.24, 2.45) is 0 Å². The highest BCUT2D eigenvalue weighted by atomic mass is 16.5. The third-order valence-corrected chi connectivity index (χ3v) is 2.84. The number of hydrogen-bond acceptors (Lipinski definition) is 2. The normalized spacial score (nSPS) is 21.0. The lowest BCUT2D eigenvalue weighted by Crippen LogP contribution is -2.32. The minimum absolute atomic E-state index is 0.760. The molecule has 0 aromatic heterocycles. The minimum Gasteiger partial charge on any atom is -0.383 e. The first-order chi connectivity index (χ1) is 6.43. The molecule has 1 aliphatic carbocycles. The molecule has 13 heavy (non-hydrogen) atoms. The smallest absolute Gasteiger partial charge is 0.0587 e. The van der Waals surface area contributed by atoms with Crippen LogP contribution < -0.4 is 5.32 Å². The van der Waals surface area contributed by atoms with Crippen LogP contribution in [0.2, 0.25) is 0 Å². The summed E-state index contributed by atoms with van der Waals surface area (Å²) in [6, 6.07) is 0.760. The lowest BCUT2D eigenvalue weighted by atomic mass is 9.97. The number of rotatable bonds is 4. The predicted octanol–water partition coefficient (Wildman–Crippen LogP) is 2.34. The maximum Gasteiger partial charge on any atom is 0.0587 e. The van der Waals surface area contributed by atoms with E-state index in [4.69, 9.17) is 4.74 Å². The summed E-state index contributed by atoms with van der Waals surface area (Å²) in [6.07, 6.45) is 9.86. The summed E-state index contributed by atoms with van der Waals surface area (Å²) in [7, 11) is 1.76. The average molecular weight is 185 g/mol. The van der Waals surface area contributed by atoms with Gasteiger partial charge in [-0.3, -0.25) is 0 Å². The SMILES string of the molecule is COCCNC1CCCCCCC1. The van der Waals surface area contributed by atoms with Gasteiger partial charge in [0.25, 0.3) is 0 Å². The highest BCUT2D eigenvalue weighted by molar-refractivity contribution is 4.69. The molecule has 0 heterocycles. The van der Waals surface area contributed by atoms with Gasteiger partial charge in [0, 0.05) is 19.7 Å². The third kappa shape index (κ3) is 5.27. The van der Waals surface area contributed by atoms with E-state index in [1.807, 2.05) is 0 Å². The van der Waals surface area contributed by atoms with Crippen LogP contribution in [-0.4, -0.2) is 26.3 Å². The maximum atomic E-state index is 5.03. The molecule has 1 fully saturated rings. The zero-order valence-electron chi connectivity index (χ0n) is 8.85. The lowest BCUT2D eigenvalue weighted by molar-refractivity contribution is 0.193. The highest BCUT2D eigenvalue weighted by Crippen LogP contribution is 2.16. The van der Waals surface area contributed by atoms with Crippen LogP contribution in [0.25, 0.3) is 0 Å². The fraction of sp³-hybridized carbons (Fsp3) is 1.00. The monoisotopic (exact) mass is 185 g/mol. The van der Waals surface area contributed by atoms with Gasteiger partial charge in [0.15, 0.2) is 0 Å². The molecular formula is C11H23NO. The Kier molecular flexibility index (Phi) is 6.21. The molecule has 0 unspecified atom stereocenters. The van der Waals surface area contributed by atoms with Crippen LogP contribution in [0, 0.1) is 0 Å². The maximum absolute atomic E-state index is 5.03. The van der Waals surface area contributed by atoms with Gasteiger partial charge in [0.2, 0.25) is 0 Å². The fourth-order valence-electron chi connectivity index (χ4n) is 2.03. The van der Waals surface area contributed by atoms with E-state index in [0.717, 1.165) is 19.2 Å². The van der Waals surface area contributed by atoms with Crippen molar-refractivity contribution in [3.63, 3.8) is 0 Å². The molecule has 1 N–H and O–H groups in total. The highest BCUT2D eigenvalue weighted by Gasteiger charge is 2.09. The van der Waals surface area contributed by atoms with E-state index >= 15 is 0 Å². The summed E-state index contributed by atoms with van der Waals surface area (Å²) < 4.78 is 5.03. The summed E-state index contributed by atoms with van der Waals surface area (Å²) in [4.78, 5) is 0. The predicted molar refractivity (Wildman–Crippen MR) is 56.0 cm³/mol. The van der Waals surface area contributed by atoms with E-state index in [2.05, 4.69) is 5.32 Å². The minimum atomic E-state index is 0.760. The quantitative estimate of drug-likeness (QED) is 0.679. The Morgan fingerprint density at radius 2 is 1.69 bits per heavy atom. The van der Waals surface area contributed by atoms with Crippen molar-refractivity contribution in [2.75, 3.05) is 20.3 Å². The van der Waals surface area contributed by atoms with E-state index in [0.29, 0.717) is 0 Å². The van der Waals surface area contributed by atoms with Gasteiger partial charge < -0.3 is 10.1 Å². The van der Waals surface area contributed by atoms with E-state index in [1.165, 1.54) is 44.9 Å². The van der Waals surface area contributed by atoms with Crippen molar-refractivity contribution in [3.05, 3.63) is 0 Å². The molecule has 0 aromatic rings. The van der Waals surface area contributed by atoms with Crippen LogP contribution in [0.1, 0.15) is 44.9 Å². The van der Waals surface area contributed by atoms with Gasteiger partial charge in [-0.1, -0.05) is 32.1 Å². The Morgan fingerprint density at radius 3 is 2.31 bits per heavy atom. The molecule has 0 atom stereocenters. The van der Waals surface area contributed by atoms with Crippen molar-refractivity contribution >= 4 is 0 Å². The fourth-order valence-corrected chi connectivity index (χ4v) is 2.03. The van der Waals surface area contributed by atoms with Crippen molar-refractivity contribution < 1.29 is 4.74 Å². The summed E-state index contributed by atoms with van der Waals surface area (Å²) in [5.41, 5.74) is 0. The van der Waals surface area contributed by atoms with Gasteiger partial charge in [-0.2, -0.15) is 0 Å². The van der Waals surface area contributed by atoms with Crippen LogP contribution >= 0.6 is 0 Å². The summed E-state index contributed by atoms with van der Waals surface area (Å²) in [5.74, 6) is 0. The number of nitrogens with one attached hydrogen (secondary N) is 1. The molecule has 0 aliphatic heterocycles. The van der Waals surface area contributed by atoms with Crippen LogP contribution in [0.5, 0.6) is 0 Å². The van der Waals surface area contributed by atoms with E-state index < -0.39 is 0 Å². The van der Waals surface area contributed by atoms with Gasteiger partial charge >= 0.3 is 0 Å². The lowest BCUT2D eigenvalue weighted by Gasteiger charge is -2.20.